The molecule has 162 valence electrons. The van der Waals surface area contributed by atoms with Gasteiger partial charge in [0.25, 0.3) is 5.56 Å². The van der Waals surface area contributed by atoms with E-state index in [2.05, 4.69) is 58.1 Å². The average Bonchev–Trinajstić information content (AvgIpc) is 2.88. The van der Waals surface area contributed by atoms with Gasteiger partial charge in [-0.1, -0.05) is 84.6 Å². The Kier molecular flexibility index (Phi) is 6.14. The molecule has 0 saturated carbocycles. The van der Waals surface area contributed by atoms with Crippen LogP contribution in [-0.4, -0.2) is 27.5 Å². The topological polar surface area (TPSA) is 38.1 Å². The zero-order valence-electron chi connectivity index (χ0n) is 18.4. The highest BCUT2D eigenvalue weighted by Crippen LogP contribution is 2.19. The Morgan fingerprint density at radius 3 is 2.30 bits per heavy atom. The molecule has 0 atom stereocenters. The predicted octanol–water partition coefficient (Wildman–Crippen LogP) is 4.37. The lowest BCUT2D eigenvalue weighted by Crippen LogP contribution is -2.38. The molecule has 4 nitrogen and oxygen atoms in total. The van der Waals surface area contributed by atoms with Crippen molar-refractivity contribution in [2.45, 2.75) is 19.5 Å². The molecule has 1 aliphatic rings. The smallest absolute Gasteiger partial charge is 0.258 e. The maximum absolute atomic E-state index is 13.2. The van der Waals surface area contributed by atoms with E-state index in [-0.39, 0.29) is 5.56 Å². The van der Waals surface area contributed by atoms with Gasteiger partial charge in [-0.2, -0.15) is 0 Å². The third kappa shape index (κ3) is 4.95. The second kappa shape index (κ2) is 9.68. The highest BCUT2D eigenvalue weighted by atomic mass is 16.1. The Bertz CT molecular complexity index is 1350. The standard InChI is InChI=1S/C29H25N3O/c33-29-27-21-31(18-7-10-23-8-3-1-4-9-23)19-17-28(27)30-22-32(29)20-24-13-15-26(16-14-24)25-11-5-2-6-12-25/h1-6,8-9,11-16,22H,17-21H2. The first-order chi connectivity index (χ1) is 16.3. The fourth-order valence-corrected chi connectivity index (χ4v) is 4.16. The molecule has 0 N–H and O–H groups in total. The first kappa shape index (κ1) is 20.9. The van der Waals surface area contributed by atoms with E-state index in [1.54, 1.807) is 10.9 Å². The van der Waals surface area contributed by atoms with Crippen molar-refractivity contribution in [2.75, 3.05) is 13.1 Å². The van der Waals surface area contributed by atoms with Gasteiger partial charge in [-0.05, 0) is 28.8 Å². The van der Waals surface area contributed by atoms with Gasteiger partial charge in [-0.3, -0.25) is 14.3 Å². The van der Waals surface area contributed by atoms with E-state index in [0.29, 0.717) is 19.6 Å². The zero-order valence-corrected chi connectivity index (χ0v) is 18.4. The summed E-state index contributed by atoms with van der Waals surface area (Å²) in [6.07, 6.45) is 2.47. The summed E-state index contributed by atoms with van der Waals surface area (Å²) >= 11 is 0. The van der Waals surface area contributed by atoms with Crippen molar-refractivity contribution in [3.63, 3.8) is 0 Å². The maximum Gasteiger partial charge on any atom is 0.258 e. The van der Waals surface area contributed by atoms with Crippen molar-refractivity contribution in [1.82, 2.24) is 14.5 Å². The summed E-state index contributed by atoms with van der Waals surface area (Å²) in [6, 6.07) is 28.7. The molecule has 0 bridgehead atoms. The fraction of sp³-hybridized carbons (Fsp3) is 0.172. The number of aromatic nitrogens is 2. The van der Waals surface area contributed by atoms with Gasteiger partial charge in [0, 0.05) is 25.1 Å². The molecular weight excluding hydrogens is 406 g/mol. The molecule has 0 spiro atoms. The molecule has 2 heterocycles. The van der Waals surface area contributed by atoms with Crippen molar-refractivity contribution < 1.29 is 0 Å². The third-order valence-corrected chi connectivity index (χ3v) is 5.99. The van der Waals surface area contributed by atoms with Crippen LogP contribution in [0.5, 0.6) is 0 Å². The molecule has 33 heavy (non-hydrogen) atoms. The minimum absolute atomic E-state index is 0.0489. The third-order valence-electron chi connectivity index (χ3n) is 5.99. The lowest BCUT2D eigenvalue weighted by Gasteiger charge is -2.26. The van der Waals surface area contributed by atoms with Crippen LogP contribution in [0.3, 0.4) is 0 Å². The van der Waals surface area contributed by atoms with E-state index in [9.17, 15) is 4.79 Å². The summed E-state index contributed by atoms with van der Waals surface area (Å²) < 4.78 is 1.72. The zero-order chi connectivity index (χ0) is 22.5. The molecule has 4 aromatic rings. The summed E-state index contributed by atoms with van der Waals surface area (Å²) in [4.78, 5) is 20.0. The molecule has 5 rings (SSSR count). The van der Waals surface area contributed by atoms with E-state index < -0.39 is 0 Å². The monoisotopic (exact) mass is 431 g/mol. The van der Waals surface area contributed by atoms with Gasteiger partial charge in [-0.15, -0.1) is 0 Å². The number of rotatable bonds is 4. The Hall–Kier alpha value is -3.94. The van der Waals surface area contributed by atoms with E-state index in [4.69, 9.17) is 0 Å². The second-order valence-corrected chi connectivity index (χ2v) is 8.29. The number of benzene rings is 3. The van der Waals surface area contributed by atoms with Crippen LogP contribution in [-0.2, 0) is 19.5 Å². The first-order valence-electron chi connectivity index (χ1n) is 11.2. The summed E-state index contributed by atoms with van der Waals surface area (Å²) in [5, 5.41) is 0. The van der Waals surface area contributed by atoms with Gasteiger partial charge in [0.2, 0.25) is 0 Å². The Morgan fingerprint density at radius 2 is 1.55 bits per heavy atom. The van der Waals surface area contributed by atoms with Crippen molar-refractivity contribution in [2.24, 2.45) is 0 Å². The number of fused-ring (bicyclic) bond motifs is 1. The van der Waals surface area contributed by atoms with Crippen LogP contribution in [0.15, 0.2) is 96.1 Å². The SMILES string of the molecule is O=c1c2c(ncn1Cc1ccc(-c3ccccc3)cc1)CCN(CC#Cc1ccccc1)C2. The number of nitrogens with zero attached hydrogens (tertiary/aromatic N) is 3. The van der Waals surface area contributed by atoms with E-state index in [1.807, 2.05) is 48.5 Å². The Balaban J connectivity index is 1.29. The summed E-state index contributed by atoms with van der Waals surface area (Å²) in [5.74, 6) is 6.44. The number of hydrogen-bond donors (Lipinski definition) is 0. The minimum Gasteiger partial charge on any atom is -0.294 e. The Labute approximate surface area is 194 Å². The highest BCUT2D eigenvalue weighted by Gasteiger charge is 2.20. The van der Waals surface area contributed by atoms with Crippen LogP contribution in [0.4, 0.5) is 0 Å². The predicted molar refractivity (Wildman–Crippen MR) is 132 cm³/mol. The molecule has 4 heteroatoms. The average molecular weight is 432 g/mol. The van der Waals surface area contributed by atoms with Gasteiger partial charge in [0.15, 0.2) is 0 Å². The molecule has 0 radical (unpaired) electrons. The second-order valence-electron chi connectivity index (χ2n) is 8.29. The molecule has 0 amide bonds. The lowest BCUT2D eigenvalue weighted by molar-refractivity contribution is 0.280. The van der Waals surface area contributed by atoms with Crippen molar-refractivity contribution in [3.8, 4) is 23.0 Å². The van der Waals surface area contributed by atoms with Gasteiger partial charge >= 0.3 is 0 Å². The van der Waals surface area contributed by atoms with Gasteiger partial charge in [0.05, 0.1) is 30.7 Å². The van der Waals surface area contributed by atoms with E-state index >= 15 is 0 Å². The highest BCUT2D eigenvalue weighted by molar-refractivity contribution is 5.63. The number of hydrogen-bond acceptors (Lipinski definition) is 3. The van der Waals surface area contributed by atoms with Crippen LogP contribution >= 0.6 is 0 Å². The molecule has 0 saturated heterocycles. The van der Waals surface area contributed by atoms with Crippen LogP contribution in [0.25, 0.3) is 11.1 Å². The maximum atomic E-state index is 13.2. The molecule has 0 aliphatic carbocycles. The molecular formula is C29H25N3O. The summed E-state index contributed by atoms with van der Waals surface area (Å²) in [7, 11) is 0. The summed E-state index contributed by atoms with van der Waals surface area (Å²) in [6.45, 7) is 2.62. The van der Waals surface area contributed by atoms with Crippen LogP contribution in [0.2, 0.25) is 0 Å². The van der Waals surface area contributed by atoms with Gasteiger partial charge in [-0.25, -0.2) is 4.98 Å². The molecule has 1 aliphatic heterocycles. The minimum atomic E-state index is 0.0489. The Morgan fingerprint density at radius 1 is 0.848 bits per heavy atom. The van der Waals surface area contributed by atoms with E-state index in [1.165, 1.54) is 11.1 Å². The summed E-state index contributed by atoms with van der Waals surface area (Å²) in [5.41, 5.74) is 6.22. The largest absolute Gasteiger partial charge is 0.294 e. The molecule has 0 fully saturated rings. The van der Waals surface area contributed by atoms with Crippen LogP contribution < -0.4 is 5.56 Å². The molecule has 0 unspecified atom stereocenters. The molecule has 1 aromatic heterocycles. The van der Waals surface area contributed by atoms with E-state index in [0.717, 1.165) is 35.3 Å². The fourth-order valence-electron chi connectivity index (χ4n) is 4.16. The van der Waals surface area contributed by atoms with Crippen molar-refractivity contribution in [1.29, 1.82) is 0 Å². The van der Waals surface area contributed by atoms with Crippen molar-refractivity contribution in [3.05, 3.63) is 124 Å². The van der Waals surface area contributed by atoms with Gasteiger partial charge < -0.3 is 0 Å². The normalized spacial score (nSPS) is 13.1. The van der Waals surface area contributed by atoms with Gasteiger partial charge in [0.1, 0.15) is 0 Å². The first-order valence-corrected chi connectivity index (χ1v) is 11.2. The lowest BCUT2D eigenvalue weighted by atomic mass is 10.0. The van der Waals surface area contributed by atoms with Crippen LogP contribution in [0.1, 0.15) is 22.4 Å². The van der Waals surface area contributed by atoms with Crippen molar-refractivity contribution >= 4 is 0 Å². The molecule has 3 aromatic carbocycles. The quantitative estimate of drug-likeness (QED) is 0.451. The van der Waals surface area contributed by atoms with Crippen LogP contribution in [0, 0.1) is 11.8 Å².